The van der Waals surface area contributed by atoms with E-state index >= 15 is 0 Å². The first kappa shape index (κ1) is 10.0. The predicted molar refractivity (Wildman–Crippen MR) is 53.0 cm³/mol. The molecule has 0 bridgehead atoms. The van der Waals surface area contributed by atoms with Gasteiger partial charge >= 0.3 is 0 Å². The van der Waals surface area contributed by atoms with Crippen molar-refractivity contribution in [1.82, 2.24) is 5.32 Å². The summed E-state index contributed by atoms with van der Waals surface area (Å²) in [5, 5.41) is 3.44. The average Bonchev–Trinajstić information content (AvgIpc) is 2.68. The Morgan fingerprint density at radius 2 is 2.00 bits per heavy atom. The van der Waals surface area contributed by atoms with Crippen LogP contribution in [-0.4, -0.2) is 19.1 Å². The van der Waals surface area contributed by atoms with Crippen molar-refractivity contribution in [2.75, 3.05) is 13.1 Å². The fourth-order valence-corrected chi connectivity index (χ4v) is 1.17. The first-order chi connectivity index (χ1) is 5.53. The first-order valence-corrected chi connectivity index (χ1v) is 5.00. The largest absolute Gasteiger partial charge is 0.326 e. The number of rotatable bonds is 5. The molecular formula is C10H22N2. The fourth-order valence-electron chi connectivity index (χ4n) is 1.17. The van der Waals surface area contributed by atoms with Gasteiger partial charge in [-0.05, 0) is 24.2 Å². The van der Waals surface area contributed by atoms with Crippen LogP contribution < -0.4 is 11.1 Å². The van der Waals surface area contributed by atoms with Gasteiger partial charge in [0, 0.05) is 19.1 Å². The number of hydrogen-bond donors (Lipinski definition) is 2. The predicted octanol–water partition coefficient (Wildman–Crippen LogP) is 1.36. The molecule has 2 nitrogen and oxygen atoms in total. The van der Waals surface area contributed by atoms with Crippen molar-refractivity contribution < 1.29 is 0 Å². The van der Waals surface area contributed by atoms with Crippen LogP contribution in [0.25, 0.3) is 0 Å². The van der Waals surface area contributed by atoms with Gasteiger partial charge < -0.3 is 11.1 Å². The molecule has 0 aromatic carbocycles. The Morgan fingerprint density at radius 3 is 2.42 bits per heavy atom. The van der Waals surface area contributed by atoms with Crippen molar-refractivity contribution in [3.8, 4) is 0 Å². The summed E-state index contributed by atoms with van der Waals surface area (Å²) in [5.74, 6) is 0.588. The molecule has 1 unspecified atom stereocenters. The lowest BCUT2D eigenvalue weighted by atomic mass is 10.1. The van der Waals surface area contributed by atoms with Crippen molar-refractivity contribution >= 4 is 0 Å². The summed E-state index contributed by atoms with van der Waals surface area (Å²) in [5.41, 5.74) is 6.51. The molecule has 0 radical (unpaired) electrons. The van der Waals surface area contributed by atoms with Crippen LogP contribution in [0.2, 0.25) is 0 Å². The van der Waals surface area contributed by atoms with E-state index in [0.29, 0.717) is 17.4 Å². The zero-order valence-electron chi connectivity index (χ0n) is 8.56. The Balaban J connectivity index is 2.02. The lowest BCUT2D eigenvalue weighted by Gasteiger charge is -2.17. The van der Waals surface area contributed by atoms with Crippen molar-refractivity contribution in [3.05, 3.63) is 0 Å². The first-order valence-electron chi connectivity index (χ1n) is 5.00. The quantitative estimate of drug-likeness (QED) is 0.654. The molecule has 1 aliphatic carbocycles. The highest BCUT2D eigenvalue weighted by molar-refractivity contribution is 4.90. The molecule has 0 spiro atoms. The summed E-state index contributed by atoms with van der Waals surface area (Å²) in [6.45, 7) is 8.79. The minimum atomic E-state index is 0.312. The maximum Gasteiger partial charge on any atom is 0.0188 e. The molecule has 0 aromatic heterocycles. The van der Waals surface area contributed by atoms with Crippen LogP contribution in [0.15, 0.2) is 0 Å². The number of nitrogens with two attached hydrogens (primary N) is 1. The second kappa shape index (κ2) is 3.75. The van der Waals surface area contributed by atoms with Crippen LogP contribution in [0.3, 0.4) is 0 Å². The maximum atomic E-state index is 5.90. The molecule has 1 rings (SSSR count). The molecule has 3 N–H and O–H groups in total. The van der Waals surface area contributed by atoms with Gasteiger partial charge in [0.05, 0.1) is 0 Å². The Hall–Kier alpha value is -0.0800. The van der Waals surface area contributed by atoms with E-state index in [9.17, 15) is 0 Å². The molecule has 72 valence electrons. The van der Waals surface area contributed by atoms with Gasteiger partial charge in [-0.1, -0.05) is 20.8 Å². The molecule has 1 aliphatic rings. The molecule has 0 aromatic rings. The highest BCUT2D eigenvalue weighted by atomic mass is 14.9. The molecule has 1 saturated carbocycles. The average molecular weight is 170 g/mol. The molecule has 2 heteroatoms. The van der Waals surface area contributed by atoms with Crippen LogP contribution >= 0.6 is 0 Å². The van der Waals surface area contributed by atoms with Gasteiger partial charge in [0.1, 0.15) is 0 Å². The number of hydrogen-bond acceptors (Lipinski definition) is 2. The second-order valence-corrected chi connectivity index (χ2v) is 4.85. The Morgan fingerprint density at radius 1 is 1.42 bits per heavy atom. The van der Waals surface area contributed by atoms with E-state index in [4.69, 9.17) is 5.73 Å². The minimum absolute atomic E-state index is 0.312. The summed E-state index contributed by atoms with van der Waals surface area (Å²) >= 11 is 0. The third-order valence-electron chi connectivity index (χ3n) is 2.89. The maximum absolute atomic E-state index is 5.90. The molecular weight excluding hydrogens is 148 g/mol. The fraction of sp³-hybridized carbons (Fsp3) is 1.00. The van der Waals surface area contributed by atoms with Gasteiger partial charge in [-0.3, -0.25) is 0 Å². The van der Waals surface area contributed by atoms with Gasteiger partial charge in [0.2, 0.25) is 0 Å². The number of nitrogens with one attached hydrogen (secondary N) is 1. The van der Waals surface area contributed by atoms with Crippen LogP contribution in [-0.2, 0) is 0 Å². The third-order valence-corrected chi connectivity index (χ3v) is 2.89. The molecule has 1 fully saturated rings. The topological polar surface area (TPSA) is 38.0 Å². The lowest BCUT2D eigenvalue weighted by Crippen LogP contribution is -2.39. The smallest absolute Gasteiger partial charge is 0.0188 e. The zero-order chi connectivity index (χ0) is 9.19. The summed E-state index contributed by atoms with van der Waals surface area (Å²) in [7, 11) is 0. The lowest BCUT2D eigenvalue weighted by molar-refractivity contribution is 0.424. The normalized spacial score (nSPS) is 22.8. The summed E-state index contributed by atoms with van der Waals surface area (Å²) in [4.78, 5) is 0. The van der Waals surface area contributed by atoms with Crippen molar-refractivity contribution in [1.29, 1.82) is 0 Å². The van der Waals surface area contributed by atoms with E-state index < -0.39 is 0 Å². The van der Waals surface area contributed by atoms with Crippen LogP contribution in [0, 0.1) is 11.3 Å². The Bertz CT molecular complexity index is 139. The van der Waals surface area contributed by atoms with Gasteiger partial charge in [0.25, 0.3) is 0 Å². The monoisotopic (exact) mass is 170 g/mol. The van der Waals surface area contributed by atoms with Crippen LogP contribution in [0.5, 0.6) is 0 Å². The van der Waals surface area contributed by atoms with Crippen molar-refractivity contribution in [2.24, 2.45) is 17.1 Å². The Kier molecular flexibility index (Phi) is 3.13. The van der Waals surface area contributed by atoms with Crippen molar-refractivity contribution in [2.45, 2.75) is 39.7 Å². The minimum Gasteiger partial charge on any atom is -0.326 e. The highest BCUT2D eigenvalue weighted by Crippen LogP contribution is 2.43. The summed E-state index contributed by atoms with van der Waals surface area (Å²) < 4.78 is 0. The van der Waals surface area contributed by atoms with E-state index in [2.05, 4.69) is 26.1 Å². The SMILES string of the molecule is CC(C)C(N)CNCC1(C)CC1. The molecule has 0 heterocycles. The zero-order valence-corrected chi connectivity index (χ0v) is 8.56. The van der Waals surface area contributed by atoms with Crippen LogP contribution in [0.1, 0.15) is 33.6 Å². The summed E-state index contributed by atoms with van der Waals surface area (Å²) in [6, 6.07) is 0.312. The molecule has 12 heavy (non-hydrogen) atoms. The van der Waals surface area contributed by atoms with Crippen LogP contribution in [0.4, 0.5) is 0 Å². The van der Waals surface area contributed by atoms with E-state index in [1.807, 2.05) is 0 Å². The van der Waals surface area contributed by atoms with E-state index in [0.717, 1.165) is 13.1 Å². The third kappa shape index (κ3) is 3.11. The van der Waals surface area contributed by atoms with Gasteiger partial charge in [-0.25, -0.2) is 0 Å². The molecule has 0 saturated heterocycles. The second-order valence-electron chi connectivity index (χ2n) is 4.85. The van der Waals surface area contributed by atoms with E-state index in [1.165, 1.54) is 12.8 Å². The standard InChI is InChI=1S/C10H22N2/c1-8(2)9(11)6-12-7-10(3)4-5-10/h8-9,12H,4-7,11H2,1-3H3. The van der Waals surface area contributed by atoms with E-state index in [-0.39, 0.29) is 0 Å². The highest BCUT2D eigenvalue weighted by Gasteiger charge is 2.36. The van der Waals surface area contributed by atoms with E-state index in [1.54, 1.807) is 0 Å². The molecule has 0 amide bonds. The van der Waals surface area contributed by atoms with Gasteiger partial charge in [-0.2, -0.15) is 0 Å². The van der Waals surface area contributed by atoms with Gasteiger partial charge in [0.15, 0.2) is 0 Å². The van der Waals surface area contributed by atoms with Crippen molar-refractivity contribution in [3.63, 3.8) is 0 Å². The molecule has 0 aliphatic heterocycles. The molecule has 1 atom stereocenters. The Labute approximate surface area is 75.9 Å². The van der Waals surface area contributed by atoms with Gasteiger partial charge in [-0.15, -0.1) is 0 Å². The summed E-state index contributed by atoms with van der Waals surface area (Å²) in [6.07, 6.45) is 2.77.